The SMILES string of the molecule is CC(C)C[C@H](NC(=O)[C@@H](NC[C@@H](O)[C@H](O)CO)C(C)C)C(=O)Nc1ccccc1. The highest BCUT2D eigenvalue weighted by Gasteiger charge is 2.29. The summed E-state index contributed by atoms with van der Waals surface area (Å²) in [6.45, 7) is 6.99. The first-order valence-corrected chi connectivity index (χ1v) is 10.0. The molecule has 0 spiro atoms. The number of aliphatic hydroxyl groups is 3. The minimum atomic E-state index is -1.29. The lowest BCUT2D eigenvalue weighted by Gasteiger charge is -2.27. The van der Waals surface area contributed by atoms with Gasteiger partial charge in [-0.05, 0) is 30.4 Å². The molecule has 8 nitrogen and oxygen atoms in total. The smallest absolute Gasteiger partial charge is 0.246 e. The average molecular weight is 410 g/mol. The summed E-state index contributed by atoms with van der Waals surface area (Å²) in [5.74, 6) is -0.588. The highest BCUT2D eigenvalue weighted by Crippen LogP contribution is 2.11. The zero-order chi connectivity index (χ0) is 22.0. The van der Waals surface area contributed by atoms with Gasteiger partial charge in [-0.1, -0.05) is 45.9 Å². The fourth-order valence-electron chi connectivity index (χ4n) is 2.85. The van der Waals surface area contributed by atoms with Gasteiger partial charge in [0.1, 0.15) is 12.1 Å². The van der Waals surface area contributed by atoms with Crippen LogP contribution in [0, 0.1) is 11.8 Å². The molecule has 2 amide bonds. The fourth-order valence-corrected chi connectivity index (χ4v) is 2.85. The molecule has 1 rings (SSSR count). The maximum atomic E-state index is 12.8. The Balaban J connectivity index is 2.80. The van der Waals surface area contributed by atoms with E-state index in [4.69, 9.17) is 5.11 Å². The largest absolute Gasteiger partial charge is 0.394 e. The number of carbonyl (C=O) groups is 2. The molecular weight excluding hydrogens is 374 g/mol. The lowest BCUT2D eigenvalue weighted by atomic mass is 9.99. The second-order valence-corrected chi connectivity index (χ2v) is 7.99. The van der Waals surface area contributed by atoms with Crippen LogP contribution in [-0.2, 0) is 9.59 Å². The number of aliphatic hydroxyl groups excluding tert-OH is 3. The predicted octanol–water partition coefficient (Wildman–Crippen LogP) is 0.484. The maximum Gasteiger partial charge on any atom is 0.246 e. The molecule has 1 aromatic rings. The van der Waals surface area contributed by atoms with E-state index in [0.29, 0.717) is 12.1 Å². The Morgan fingerprint density at radius 3 is 2.10 bits per heavy atom. The molecule has 0 aliphatic carbocycles. The van der Waals surface area contributed by atoms with Gasteiger partial charge in [-0.25, -0.2) is 0 Å². The van der Waals surface area contributed by atoms with Gasteiger partial charge in [0.15, 0.2) is 0 Å². The van der Waals surface area contributed by atoms with Crippen LogP contribution >= 0.6 is 0 Å². The molecule has 0 heterocycles. The zero-order valence-electron chi connectivity index (χ0n) is 17.6. The molecule has 0 saturated carbocycles. The number of benzene rings is 1. The van der Waals surface area contributed by atoms with E-state index in [9.17, 15) is 19.8 Å². The number of hydrogen-bond donors (Lipinski definition) is 6. The van der Waals surface area contributed by atoms with Crippen LogP contribution in [0.3, 0.4) is 0 Å². The number of nitrogens with one attached hydrogen (secondary N) is 3. The Kier molecular flexibility index (Phi) is 10.8. The number of anilines is 1. The number of rotatable bonds is 12. The molecule has 0 unspecified atom stereocenters. The topological polar surface area (TPSA) is 131 Å². The van der Waals surface area contributed by atoms with Crippen molar-refractivity contribution >= 4 is 17.5 Å². The van der Waals surface area contributed by atoms with Gasteiger partial charge in [-0.3, -0.25) is 9.59 Å². The lowest BCUT2D eigenvalue weighted by molar-refractivity contribution is -0.129. The Morgan fingerprint density at radius 1 is 0.966 bits per heavy atom. The summed E-state index contributed by atoms with van der Waals surface area (Å²) in [4.78, 5) is 25.6. The number of carbonyl (C=O) groups excluding carboxylic acids is 2. The number of para-hydroxylation sites is 1. The molecule has 0 aliphatic heterocycles. The summed E-state index contributed by atoms with van der Waals surface area (Å²) in [5, 5.41) is 36.8. The molecule has 4 atom stereocenters. The summed E-state index contributed by atoms with van der Waals surface area (Å²) in [5.41, 5.74) is 0.653. The van der Waals surface area contributed by atoms with Crippen molar-refractivity contribution in [2.75, 3.05) is 18.5 Å². The van der Waals surface area contributed by atoms with Crippen molar-refractivity contribution in [3.05, 3.63) is 30.3 Å². The van der Waals surface area contributed by atoms with E-state index in [1.807, 2.05) is 45.9 Å². The van der Waals surface area contributed by atoms with Gasteiger partial charge >= 0.3 is 0 Å². The molecule has 164 valence electrons. The van der Waals surface area contributed by atoms with E-state index in [0.717, 1.165) is 0 Å². The van der Waals surface area contributed by atoms with Crippen molar-refractivity contribution in [2.45, 2.75) is 58.4 Å². The first-order chi connectivity index (χ1) is 13.6. The minimum absolute atomic E-state index is 0.0664. The molecule has 1 aromatic carbocycles. The molecule has 0 radical (unpaired) electrons. The molecule has 0 fully saturated rings. The second-order valence-electron chi connectivity index (χ2n) is 7.99. The molecule has 0 saturated heterocycles. The third-order valence-corrected chi connectivity index (χ3v) is 4.51. The predicted molar refractivity (Wildman–Crippen MR) is 112 cm³/mol. The summed E-state index contributed by atoms with van der Waals surface area (Å²) in [6.07, 6.45) is -2.02. The first-order valence-electron chi connectivity index (χ1n) is 10.0. The van der Waals surface area contributed by atoms with Gasteiger partial charge in [-0.2, -0.15) is 0 Å². The summed E-state index contributed by atoms with van der Waals surface area (Å²) in [6, 6.07) is 7.65. The lowest BCUT2D eigenvalue weighted by Crippen LogP contribution is -2.55. The van der Waals surface area contributed by atoms with Gasteiger partial charge in [0, 0.05) is 12.2 Å². The van der Waals surface area contributed by atoms with Crippen molar-refractivity contribution in [3.8, 4) is 0 Å². The van der Waals surface area contributed by atoms with E-state index >= 15 is 0 Å². The quantitative estimate of drug-likeness (QED) is 0.298. The van der Waals surface area contributed by atoms with Crippen LogP contribution in [-0.4, -0.2) is 64.6 Å². The maximum absolute atomic E-state index is 12.8. The van der Waals surface area contributed by atoms with Crippen LogP contribution in [0.15, 0.2) is 30.3 Å². The Labute approximate surface area is 172 Å². The Morgan fingerprint density at radius 2 is 1.59 bits per heavy atom. The van der Waals surface area contributed by atoms with Crippen LogP contribution in [0.1, 0.15) is 34.1 Å². The highest BCUT2D eigenvalue weighted by atomic mass is 16.4. The Bertz CT molecular complexity index is 624. The molecule has 29 heavy (non-hydrogen) atoms. The van der Waals surface area contributed by atoms with Crippen LogP contribution in [0.2, 0.25) is 0 Å². The van der Waals surface area contributed by atoms with Crippen LogP contribution in [0.4, 0.5) is 5.69 Å². The van der Waals surface area contributed by atoms with E-state index in [-0.39, 0.29) is 30.2 Å². The molecule has 0 bridgehead atoms. The fraction of sp³-hybridized carbons (Fsp3) is 0.619. The monoisotopic (exact) mass is 409 g/mol. The molecule has 8 heteroatoms. The van der Waals surface area contributed by atoms with Gasteiger partial charge < -0.3 is 31.3 Å². The van der Waals surface area contributed by atoms with E-state index < -0.39 is 30.9 Å². The van der Waals surface area contributed by atoms with Crippen LogP contribution < -0.4 is 16.0 Å². The normalized spacial score (nSPS) is 15.6. The van der Waals surface area contributed by atoms with E-state index in [1.54, 1.807) is 12.1 Å². The summed E-state index contributed by atoms with van der Waals surface area (Å²) < 4.78 is 0. The van der Waals surface area contributed by atoms with Gasteiger partial charge in [0.25, 0.3) is 0 Å². The number of amides is 2. The first kappa shape index (κ1) is 25.0. The van der Waals surface area contributed by atoms with Crippen molar-refractivity contribution in [1.29, 1.82) is 0 Å². The minimum Gasteiger partial charge on any atom is -0.394 e. The van der Waals surface area contributed by atoms with Crippen molar-refractivity contribution in [3.63, 3.8) is 0 Å². The number of hydrogen-bond acceptors (Lipinski definition) is 6. The zero-order valence-corrected chi connectivity index (χ0v) is 17.6. The van der Waals surface area contributed by atoms with Crippen LogP contribution in [0.25, 0.3) is 0 Å². The van der Waals surface area contributed by atoms with Gasteiger partial charge in [-0.15, -0.1) is 0 Å². The van der Waals surface area contributed by atoms with Crippen LogP contribution in [0.5, 0.6) is 0 Å². The van der Waals surface area contributed by atoms with Crippen molar-refractivity contribution in [1.82, 2.24) is 10.6 Å². The highest BCUT2D eigenvalue weighted by molar-refractivity contribution is 5.97. The third-order valence-electron chi connectivity index (χ3n) is 4.51. The second kappa shape index (κ2) is 12.5. The molecule has 6 N–H and O–H groups in total. The summed E-state index contributed by atoms with van der Waals surface area (Å²) in [7, 11) is 0. The van der Waals surface area contributed by atoms with E-state index in [2.05, 4.69) is 16.0 Å². The standard InChI is InChI=1S/C21H35N3O5/c1-13(2)10-16(20(28)23-15-8-6-5-7-9-15)24-21(29)19(14(3)4)22-11-17(26)18(27)12-25/h5-9,13-14,16-19,22,25-27H,10-12H2,1-4H3,(H,23,28)(H,24,29)/t16-,17+,18+,19-/m0/s1. The Hall–Kier alpha value is -2.00. The third kappa shape index (κ3) is 8.91. The molecule has 0 aliphatic rings. The summed E-state index contributed by atoms with van der Waals surface area (Å²) >= 11 is 0. The van der Waals surface area contributed by atoms with Gasteiger partial charge in [0.05, 0.1) is 18.8 Å². The average Bonchev–Trinajstić information content (AvgIpc) is 2.66. The molecular formula is C21H35N3O5. The van der Waals surface area contributed by atoms with Crippen molar-refractivity contribution in [2.24, 2.45) is 11.8 Å². The van der Waals surface area contributed by atoms with Gasteiger partial charge in [0.2, 0.25) is 11.8 Å². The van der Waals surface area contributed by atoms with Crippen molar-refractivity contribution < 1.29 is 24.9 Å². The van der Waals surface area contributed by atoms with E-state index in [1.165, 1.54) is 0 Å². The molecule has 0 aromatic heterocycles.